The maximum atomic E-state index is 11.8. The Morgan fingerprint density at radius 3 is 2.52 bits per heavy atom. The third-order valence-corrected chi connectivity index (χ3v) is 3.32. The van der Waals surface area contributed by atoms with Crippen LogP contribution in [0.4, 0.5) is 16.2 Å². The van der Waals surface area contributed by atoms with Gasteiger partial charge in [0.05, 0.1) is 22.3 Å². The number of urea groups is 1. The molecule has 116 valence electrons. The average Bonchev–Trinajstić information content (AvgIpc) is 2.40. The lowest BCUT2D eigenvalue weighted by atomic mass is 10.1. The lowest BCUT2D eigenvalue weighted by molar-refractivity contribution is -0.385. The largest absolute Gasteiger partial charge is 0.391 e. The molecule has 0 radical (unpaired) electrons. The number of hydrogen-bond donors (Lipinski definition) is 3. The Morgan fingerprint density at radius 2 is 2.00 bits per heavy atom. The first-order valence-electron chi connectivity index (χ1n) is 6.71. The number of aliphatic hydroxyl groups excluding tert-OH is 1. The molecule has 1 atom stereocenters. The van der Waals surface area contributed by atoms with Crippen molar-refractivity contribution in [2.24, 2.45) is 5.92 Å². The number of amides is 2. The predicted octanol–water partition coefficient (Wildman–Crippen LogP) is 2.35. The smallest absolute Gasteiger partial charge is 0.319 e. The summed E-state index contributed by atoms with van der Waals surface area (Å²) >= 11 is 0. The summed E-state index contributed by atoms with van der Waals surface area (Å²) in [6.45, 7) is 7.16. The van der Waals surface area contributed by atoms with Gasteiger partial charge in [0, 0.05) is 12.6 Å². The van der Waals surface area contributed by atoms with Gasteiger partial charge < -0.3 is 15.7 Å². The zero-order valence-electron chi connectivity index (χ0n) is 12.6. The number of anilines is 1. The minimum atomic E-state index is -0.636. The van der Waals surface area contributed by atoms with Crippen LogP contribution in [0.25, 0.3) is 0 Å². The van der Waals surface area contributed by atoms with E-state index in [1.165, 1.54) is 6.07 Å². The molecule has 0 aliphatic rings. The molecule has 0 heterocycles. The third kappa shape index (κ3) is 4.42. The Bertz CT molecular complexity index is 543. The number of aryl methyl sites for hydroxylation is 1. The highest BCUT2D eigenvalue weighted by molar-refractivity contribution is 5.91. The maximum absolute atomic E-state index is 11.8. The van der Waals surface area contributed by atoms with Crippen molar-refractivity contribution in [1.29, 1.82) is 0 Å². The number of nitrogens with one attached hydrogen (secondary N) is 2. The van der Waals surface area contributed by atoms with E-state index in [0.717, 1.165) is 5.56 Å². The number of nitro benzene ring substituents is 1. The highest BCUT2D eigenvalue weighted by Gasteiger charge is 2.18. The minimum absolute atomic E-state index is 0.0339. The van der Waals surface area contributed by atoms with Crippen molar-refractivity contribution in [1.82, 2.24) is 5.32 Å². The molecule has 0 saturated carbocycles. The molecule has 1 unspecified atom stereocenters. The van der Waals surface area contributed by atoms with Gasteiger partial charge in [-0.25, -0.2) is 4.79 Å². The van der Waals surface area contributed by atoms with Crippen molar-refractivity contribution >= 4 is 17.4 Å². The van der Waals surface area contributed by atoms with E-state index in [2.05, 4.69) is 10.6 Å². The van der Waals surface area contributed by atoms with E-state index in [0.29, 0.717) is 11.3 Å². The van der Waals surface area contributed by atoms with Gasteiger partial charge in [0.25, 0.3) is 5.69 Å². The van der Waals surface area contributed by atoms with Crippen LogP contribution in [-0.4, -0.2) is 28.7 Å². The number of carbonyl (C=O) groups is 1. The van der Waals surface area contributed by atoms with E-state index in [4.69, 9.17) is 0 Å². The summed E-state index contributed by atoms with van der Waals surface area (Å²) in [4.78, 5) is 22.2. The SMILES string of the molecule is Cc1ccc([N+](=O)[O-])c(C)c1NC(=O)NCC(O)C(C)C. The van der Waals surface area contributed by atoms with E-state index in [1.807, 2.05) is 13.8 Å². The van der Waals surface area contributed by atoms with Crippen molar-refractivity contribution in [3.8, 4) is 0 Å². The first kappa shape index (κ1) is 16.9. The van der Waals surface area contributed by atoms with Crippen LogP contribution in [0.3, 0.4) is 0 Å². The standard InChI is InChI=1S/C14H21N3O4/c1-8(2)12(18)7-15-14(19)16-13-9(3)5-6-11(10(13)4)17(20)21/h5-6,8,12,18H,7H2,1-4H3,(H2,15,16,19). The zero-order chi connectivity index (χ0) is 16.2. The van der Waals surface area contributed by atoms with Crippen LogP contribution in [0.2, 0.25) is 0 Å². The van der Waals surface area contributed by atoms with Crippen molar-refractivity contribution in [2.75, 3.05) is 11.9 Å². The van der Waals surface area contributed by atoms with Crippen LogP contribution in [-0.2, 0) is 0 Å². The minimum Gasteiger partial charge on any atom is -0.391 e. The molecule has 21 heavy (non-hydrogen) atoms. The number of nitrogens with zero attached hydrogens (tertiary/aromatic N) is 1. The summed E-state index contributed by atoms with van der Waals surface area (Å²) < 4.78 is 0. The van der Waals surface area contributed by atoms with Crippen molar-refractivity contribution < 1.29 is 14.8 Å². The molecule has 0 aliphatic heterocycles. The maximum Gasteiger partial charge on any atom is 0.319 e. The van der Waals surface area contributed by atoms with Gasteiger partial charge in [0.15, 0.2) is 0 Å². The summed E-state index contributed by atoms with van der Waals surface area (Å²) in [5.74, 6) is 0.0339. The molecule has 7 nitrogen and oxygen atoms in total. The second kappa shape index (κ2) is 7.03. The molecule has 0 bridgehead atoms. The van der Waals surface area contributed by atoms with Crippen LogP contribution < -0.4 is 10.6 Å². The van der Waals surface area contributed by atoms with Crippen molar-refractivity contribution in [2.45, 2.75) is 33.8 Å². The predicted molar refractivity (Wildman–Crippen MR) is 80.4 cm³/mol. The fraction of sp³-hybridized carbons (Fsp3) is 0.500. The Kier molecular flexibility index (Phi) is 5.66. The van der Waals surface area contributed by atoms with Gasteiger partial charge in [0.1, 0.15) is 0 Å². The van der Waals surface area contributed by atoms with Crippen LogP contribution in [0.5, 0.6) is 0 Å². The summed E-state index contributed by atoms with van der Waals surface area (Å²) in [6, 6.07) is 2.50. The molecule has 2 amide bonds. The van der Waals surface area contributed by atoms with Gasteiger partial charge in [-0.2, -0.15) is 0 Å². The van der Waals surface area contributed by atoms with Crippen LogP contribution in [0, 0.1) is 29.9 Å². The van der Waals surface area contributed by atoms with Gasteiger partial charge in [-0.15, -0.1) is 0 Å². The number of nitro groups is 1. The van der Waals surface area contributed by atoms with E-state index >= 15 is 0 Å². The van der Waals surface area contributed by atoms with Gasteiger partial charge in [0.2, 0.25) is 0 Å². The fourth-order valence-electron chi connectivity index (χ4n) is 1.82. The molecule has 1 aromatic carbocycles. The molecule has 1 rings (SSSR count). The molecule has 0 fully saturated rings. The normalized spacial score (nSPS) is 12.1. The van der Waals surface area contributed by atoms with Gasteiger partial charge >= 0.3 is 6.03 Å². The summed E-state index contributed by atoms with van der Waals surface area (Å²) in [5, 5.41) is 25.7. The molecular formula is C14H21N3O4. The molecule has 0 aliphatic carbocycles. The van der Waals surface area contributed by atoms with E-state index in [1.54, 1.807) is 19.9 Å². The van der Waals surface area contributed by atoms with Crippen molar-refractivity contribution in [3.63, 3.8) is 0 Å². The molecule has 0 aromatic heterocycles. The molecule has 7 heteroatoms. The average molecular weight is 295 g/mol. The first-order chi connectivity index (χ1) is 9.73. The number of hydrogen-bond acceptors (Lipinski definition) is 4. The first-order valence-corrected chi connectivity index (χ1v) is 6.71. The van der Waals surface area contributed by atoms with E-state index < -0.39 is 17.1 Å². The monoisotopic (exact) mass is 295 g/mol. The van der Waals surface area contributed by atoms with E-state index in [9.17, 15) is 20.0 Å². The summed E-state index contributed by atoms with van der Waals surface area (Å²) in [5.41, 5.74) is 1.51. The highest BCUT2D eigenvalue weighted by atomic mass is 16.6. The highest BCUT2D eigenvalue weighted by Crippen LogP contribution is 2.28. The molecule has 1 aromatic rings. The second-order valence-electron chi connectivity index (χ2n) is 5.31. The quantitative estimate of drug-likeness (QED) is 0.572. The number of benzene rings is 1. The van der Waals surface area contributed by atoms with Crippen LogP contribution in [0.1, 0.15) is 25.0 Å². The van der Waals surface area contributed by atoms with Crippen molar-refractivity contribution in [3.05, 3.63) is 33.4 Å². The molecule has 0 saturated heterocycles. The Morgan fingerprint density at radius 1 is 1.38 bits per heavy atom. The number of aliphatic hydroxyl groups is 1. The summed E-state index contributed by atoms with van der Waals surface area (Å²) in [7, 11) is 0. The Balaban J connectivity index is 2.81. The lowest BCUT2D eigenvalue weighted by Gasteiger charge is -2.16. The Labute approximate surface area is 123 Å². The number of rotatable bonds is 5. The van der Waals surface area contributed by atoms with Gasteiger partial charge in [-0.1, -0.05) is 19.9 Å². The molecule has 0 spiro atoms. The summed E-state index contributed by atoms with van der Waals surface area (Å²) in [6.07, 6.45) is -0.636. The lowest BCUT2D eigenvalue weighted by Crippen LogP contribution is -2.37. The van der Waals surface area contributed by atoms with Crippen LogP contribution >= 0.6 is 0 Å². The molecule has 3 N–H and O–H groups in total. The fourth-order valence-corrected chi connectivity index (χ4v) is 1.82. The zero-order valence-corrected chi connectivity index (χ0v) is 12.6. The van der Waals surface area contributed by atoms with E-state index in [-0.39, 0.29) is 18.2 Å². The second-order valence-corrected chi connectivity index (χ2v) is 5.31. The third-order valence-electron chi connectivity index (χ3n) is 3.32. The topological polar surface area (TPSA) is 105 Å². The van der Waals surface area contributed by atoms with Crippen LogP contribution in [0.15, 0.2) is 12.1 Å². The number of carbonyl (C=O) groups excluding carboxylic acids is 1. The Hall–Kier alpha value is -2.15. The van der Waals surface area contributed by atoms with Gasteiger partial charge in [-0.05, 0) is 25.3 Å². The molecular weight excluding hydrogens is 274 g/mol. The van der Waals surface area contributed by atoms with Gasteiger partial charge in [-0.3, -0.25) is 10.1 Å².